The Morgan fingerprint density at radius 2 is 1.46 bits per heavy atom. The molecule has 0 radical (unpaired) electrons. The summed E-state index contributed by atoms with van der Waals surface area (Å²) < 4.78 is 60.5. The molecule has 28 heavy (non-hydrogen) atoms. The molecule has 7 nitrogen and oxygen atoms in total. The summed E-state index contributed by atoms with van der Waals surface area (Å²) in [5.41, 5.74) is 0. The third-order valence-corrected chi connectivity index (χ3v) is 8.57. The van der Waals surface area contributed by atoms with Crippen molar-refractivity contribution in [3.8, 4) is 5.75 Å². The lowest BCUT2D eigenvalue weighted by atomic mass is 10.1. The van der Waals surface area contributed by atoms with Crippen LogP contribution in [0.5, 0.6) is 5.75 Å². The molecule has 0 aromatic heterocycles. The van der Waals surface area contributed by atoms with Crippen LogP contribution in [0.1, 0.15) is 12.8 Å². The van der Waals surface area contributed by atoms with Crippen LogP contribution in [0.4, 0.5) is 0 Å². The van der Waals surface area contributed by atoms with Gasteiger partial charge in [-0.2, -0.15) is 4.31 Å². The highest BCUT2D eigenvalue weighted by Crippen LogP contribution is 2.24. The molecule has 1 saturated heterocycles. The van der Waals surface area contributed by atoms with Gasteiger partial charge in [-0.1, -0.05) is 15.9 Å². The third-order valence-electron chi connectivity index (χ3n) is 4.60. The molecule has 10 heteroatoms. The molecule has 0 amide bonds. The van der Waals surface area contributed by atoms with Gasteiger partial charge in [0.15, 0.2) is 0 Å². The van der Waals surface area contributed by atoms with E-state index >= 15 is 0 Å². The molecule has 0 atom stereocenters. The van der Waals surface area contributed by atoms with Crippen molar-refractivity contribution < 1.29 is 21.6 Å². The first-order chi connectivity index (χ1) is 13.2. The average molecular weight is 489 g/mol. The van der Waals surface area contributed by atoms with Gasteiger partial charge in [-0.15, -0.1) is 0 Å². The minimum Gasteiger partial charge on any atom is -0.497 e. The van der Waals surface area contributed by atoms with Gasteiger partial charge in [0.25, 0.3) is 0 Å². The van der Waals surface area contributed by atoms with Gasteiger partial charge in [0.1, 0.15) is 5.75 Å². The highest BCUT2D eigenvalue weighted by molar-refractivity contribution is 9.10. The van der Waals surface area contributed by atoms with Crippen molar-refractivity contribution in [2.45, 2.75) is 28.7 Å². The molecule has 152 valence electrons. The van der Waals surface area contributed by atoms with Gasteiger partial charge in [0.05, 0.1) is 16.9 Å². The fourth-order valence-electron chi connectivity index (χ4n) is 3.01. The number of rotatable bonds is 6. The van der Waals surface area contributed by atoms with Crippen LogP contribution >= 0.6 is 15.9 Å². The second-order valence-corrected chi connectivity index (χ2v) is 11.0. The quantitative estimate of drug-likeness (QED) is 0.674. The SMILES string of the molecule is COc1ccc(S(=O)(=O)N2CCC(NS(=O)(=O)c3ccc(Br)cc3)CC2)cc1. The van der Waals surface area contributed by atoms with Crippen LogP contribution in [0.2, 0.25) is 0 Å². The minimum absolute atomic E-state index is 0.184. The number of ether oxygens (including phenoxy) is 1. The number of benzene rings is 2. The Kier molecular flexibility index (Phi) is 6.45. The van der Waals surface area contributed by atoms with Gasteiger partial charge in [-0.25, -0.2) is 21.6 Å². The van der Waals surface area contributed by atoms with Gasteiger partial charge in [0.2, 0.25) is 20.0 Å². The van der Waals surface area contributed by atoms with Crippen LogP contribution in [0.25, 0.3) is 0 Å². The lowest BCUT2D eigenvalue weighted by Crippen LogP contribution is -2.46. The van der Waals surface area contributed by atoms with E-state index in [1.54, 1.807) is 24.3 Å². The van der Waals surface area contributed by atoms with E-state index in [2.05, 4.69) is 20.7 Å². The summed E-state index contributed by atoms with van der Waals surface area (Å²) in [6, 6.07) is 12.3. The Bertz CT molecular complexity index is 1010. The van der Waals surface area contributed by atoms with Crippen LogP contribution in [0.15, 0.2) is 62.8 Å². The molecule has 0 spiro atoms. The van der Waals surface area contributed by atoms with Crippen molar-refractivity contribution in [1.82, 2.24) is 9.03 Å². The zero-order valence-electron chi connectivity index (χ0n) is 15.2. The molecule has 0 unspecified atom stereocenters. The lowest BCUT2D eigenvalue weighted by molar-refractivity contribution is 0.308. The van der Waals surface area contributed by atoms with Gasteiger partial charge < -0.3 is 4.74 Å². The Balaban J connectivity index is 1.64. The number of nitrogens with zero attached hydrogens (tertiary/aromatic N) is 1. The maximum absolute atomic E-state index is 12.8. The van der Waals surface area contributed by atoms with Crippen molar-refractivity contribution in [1.29, 1.82) is 0 Å². The molecule has 1 heterocycles. The van der Waals surface area contributed by atoms with Gasteiger partial charge in [-0.3, -0.25) is 0 Å². The maximum Gasteiger partial charge on any atom is 0.243 e. The molecular weight excluding hydrogens is 468 g/mol. The molecule has 0 saturated carbocycles. The highest BCUT2D eigenvalue weighted by atomic mass is 79.9. The molecule has 0 bridgehead atoms. The summed E-state index contributed by atoms with van der Waals surface area (Å²) in [4.78, 5) is 0.381. The molecule has 3 rings (SSSR count). The number of methoxy groups -OCH3 is 1. The van der Waals surface area contributed by atoms with E-state index in [0.29, 0.717) is 18.6 Å². The van der Waals surface area contributed by atoms with Crippen molar-refractivity contribution in [2.75, 3.05) is 20.2 Å². The Hall–Kier alpha value is -1.46. The zero-order valence-corrected chi connectivity index (χ0v) is 18.4. The number of nitrogens with one attached hydrogen (secondary N) is 1. The van der Waals surface area contributed by atoms with E-state index < -0.39 is 20.0 Å². The number of piperidine rings is 1. The van der Waals surface area contributed by atoms with Gasteiger partial charge in [-0.05, 0) is 61.4 Å². The molecule has 2 aromatic rings. The molecule has 1 aliphatic rings. The van der Waals surface area contributed by atoms with Crippen molar-refractivity contribution in [2.24, 2.45) is 0 Å². The summed E-state index contributed by atoms with van der Waals surface area (Å²) in [6.07, 6.45) is 0.816. The van der Waals surface area contributed by atoms with Crippen LogP contribution in [0.3, 0.4) is 0 Å². The molecule has 1 fully saturated rings. The van der Waals surface area contributed by atoms with Crippen molar-refractivity contribution in [3.05, 3.63) is 53.0 Å². The number of hydrogen-bond acceptors (Lipinski definition) is 5. The summed E-state index contributed by atoms with van der Waals surface area (Å²) in [5.74, 6) is 0.583. The molecule has 1 N–H and O–H groups in total. The number of hydrogen-bond donors (Lipinski definition) is 1. The smallest absolute Gasteiger partial charge is 0.243 e. The molecule has 2 aromatic carbocycles. The molecule has 0 aliphatic carbocycles. The summed E-state index contributed by atoms with van der Waals surface area (Å²) in [6.45, 7) is 0.504. The second-order valence-electron chi connectivity index (χ2n) is 6.43. The predicted octanol–water partition coefficient (Wildman–Crippen LogP) is 2.59. The average Bonchev–Trinajstić information content (AvgIpc) is 2.68. The number of halogens is 1. The first kappa shape index (κ1) is 21.3. The van der Waals surface area contributed by atoms with Crippen LogP contribution in [-0.2, 0) is 20.0 Å². The molecular formula is C18H21BrN2O5S2. The summed E-state index contributed by atoms with van der Waals surface area (Å²) in [7, 11) is -5.74. The standard InChI is InChI=1S/C18H21BrN2O5S2/c1-26-16-4-8-18(9-5-16)28(24,25)21-12-10-15(11-13-21)20-27(22,23)17-6-2-14(19)3-7-17/h2-9,15,20H,10-13H2,1H3. The third kappa shape index (κ3) is 4.74. The van der Waals surface area contributed by atoms with E-state index in [-0.39, 0.29) is 28.9 Å². The van der Waals surface area contributed by atoms with E-state index in [1.165, 1.54) is 35.7 Å². The van der Waals surface area contributed by atoms with Crippen molar-refractivity contribution >= 4 is 36.0 Å². The first-order valence-corrected chi connectivity index (χ1v) is 12.4. The van der Waals surface area contributed by atoms with E-state index in [0.717, 1.165) is 4.47 Å². The number of sulfonamides is 2. The monoisotopic (exact) mass is 488 g/mol. The van der Waals surface area contributed by atoms with Crippen LogP contribution < -0.4 is 9.46 Å². The fourth-order valence-corrected chi connectivity index (χ4v) is 6.05. The van der Waals surface area contributed by atoms with Gasteiger partial charge >= 0.3 is 0 Å². The highest BCUT2D eigenvalue weighted by Gasteiger charge is 2.31. The normalized spacial score (nSPS) is 16.8. The van der Waals surface area contributed by atoms with E-state index in [1.807, 2.05) is 0 Å². The lowest BCUT2D eigenvalue weighted by Gasteiger charge is -2.31. The minimum atomic E-state index is -3.64. The Morgan fingerprint density at radius 1 is 0.929 bits per heavy atom. The van der Waals surface area contributed by atoms with Crippen LogP contribution in [0, 0.1) is 0 Å². The first-order valence-electron chi connectivity index (χ1n) is 8.64. The predicted molar refractivity (Wildman–Crippen MR) is 109 cm³/mol. The fraction of sp³-hybridized carbons (Fsp3) is 0.333. The largest absolute Gasteiger partial charge is 0.497 e. The zero-order chi connectivity index (χ0) is 20.4. The van der Waals surface area contributed by atoms with Crippen LogP contribution in [-0.4, -0.2) is 47.4 Å². The Labute approximate surface area is 173 Å². The van der Waals surface area contributed by atoms with E-state index in [9.17, 15) is 16.8 Å². The van der Waals surface area contributed by atoms with Crippen molar-refractivity contribution in [3.63, 3.8) is 0 Å². The topological polar surface area (TPSA) is 92.8 Å². The summed E-state index contributed by atoms with van der Waals surface area (Å²) in [5, 5.41) is 0. The maximum atomic E-state index is 12.8. The summed E-state index contributed by atoms with van der Waals surface area (Å²) >= 11 is 3.28. The molecule has 1 aliphatic heterocycles. The second kappa shape index (κ2) is 8.50. The van der Waals surface area contributed by atoms with Gasteiger partial charge in [0, 0.05) is 23.6 Å². The van der Waals surface area contributed by atoms with E-state index in [4.69, 9.17) is 4.74 Å². The Morgan fingerprint density at radius 3 is 2.00 bits per heavy atom.